The molecule has 0 spiro atoms. The second-order valence-corrected chi connectivity index (χ2v) is 10.4. The van der Waals surface area contributed by atoms with Gasteiger partial charge in [-0.15, -0.1) is 11.3 Å². The number of thiophene rings is 1. The van der Waals surface area contributed by atoms with Gasteiger partial charge in [-0.2, -0.15) is 0 Å². The van der Waals surface area contributed by atoms with E-state index in [1.165, 1.54) is 44.7 Å². The Kier molecular flexibility index (Phi) is 5.87. The van der Waals surface area contributed by atoms with Crippen molar-refractivity contribution in [2.45, 2.75) is 57.4 Å². The van der Waals surface area contributed by atoms with Crippen molar-refractivity contribution in [2.75, 3.05) is 18.8 Å². The molecule has 4 nitrogen and oxygen atoms in total. The molecule has 166 valence electrons. The molecule has 0 bridgehead atoms. The first-order chi connectivity index (χ1) is 15.5. The number of anilines is 1. The van der Waals surface area contributed by atoms with Crippen molar-refractivity contribution >= 4 is 38.0 Å². The number of rotatable bonds is 4. The molecular formula is C27H30N2O2S. The topological polar surface area (TPSA) is 63.4 Å². The molecule has 3 aromatic rings. The van der Waals surface area contributed by atoms with Crippen LogP contribution in [0.2, 0.25) is 0 Å². The molecule has 2 aliphatic rings. The number of nitrogen functional groups attached to an aromatic ring is 1. The molecular weight excluding hydrogens is 416 g/mol. The van der Waals surface area contributed by atoms with E-state index in [2.05, 4.69) is 4.90 Å². The summed E-state index contributed by atoms with van der Waals surface area (Å²) in [6.07, 6.45) is 7.49. The smallest absolute Gasteiger partial charge is 0.193 e. The third kappa shape index (κ3) is 3.89. The second kappa shape index (κ2) is 8.80. The van der Waals surface area contributed by atoms with Gasteiger partial charge in [-0.25, -0.2) is 0 Å². The van der Waals surface area contributed by atoms with Crippen molar-refractivity contribution in [3.8, 4) is 0 Å². The zero-order valence-corrected chi connectivity index (χ0v) is 19.4. The van der Waals surface area contributed by atoms with Crippen molar-refractivity contribution in [1.82, 2.24) is 4.90 Å². The summed E-state index contributed by atoms with van der Waals surface area (Å²) in [5.41, 5.74) is 9.36. The lowest BCUT2D eigenvalue weighted by molar-refractivity contribution is 0.0990. The van der Waals surface area contributed by atoms with Gasteiger partial charge in [0.25, 0.3) is 0 Å². The molecule has 2 N–H and O–H groups in total. The molecule has 2 saturated heterocycles. The minimum atomic E-state index is -0.105. The number of carbonyl (C=O) groups excluding carboxylic acids is 2. The Morgan fingerprint density at radius 2 is 1.78 bits per heavy atom. The number of benzene rings is 2. The number of Topliss-reactive ketones (excluding diaryl/α,β-unsaturated/α-hetero) is 1. The first-order valence-electron chi connectivity index (χ1n) is 11.7. The first kappa shape index (κ1) is 21.4. The second-order valence-electron chi connectivity index (χ2n) is 9.27. The van der Waals surface area contributed by atoms with E-state index in [0.29, 0.717) is 22.6 Å². The summed E-state index contributed by atoms with van der Waals surface area (Å²) >= 11 is 1.63. The van der Waals surface area contributed by atoms with E-state index in [1.54, 1.807) is 29.5 Å². The molecule has 2 aromatic carbocycles. The van der Waals surface area contributed by atoms with Gasteiger partial charge in [-0.1, -0.05) is 30.7 Å². The molecule has 2 atom stereocenters. The number of carbonyl (C=O) groups is 2. The van der Waals surface area contributed by atoms with E-state index in [4.69, 9.17) is 5.73 Å². The van der Waals surface area contributed by atoms with Gasteiger partial charge in [0.15, 0.2) is 11.6 Å². The summed E-state index contributed by atoms with van der Waals surface area (Å²) < 4.78 is 1.14. The summed E-state index contributed by atoms with van der Waals surface area (Å²) in [6, 6.07) is 13.7. The Bertz CT molecular complexity index is 1170. The predicted octanol–water partition coefficient (Wildman–Crippen LogP) is 6.04. The van der Waals surface area contributed by atoms with Gasteiger partial charge < -0.3 is 10.6 Å². The lowest BCUT2D eigenvalue weighted by Crippen LogP contribution is -2.38. The number of hydrogen-bond acceptors (Lipinski definition) is 5. The van der Waals surface area contributed by atoms with E-state index >= 15 is 0 Å². The largest absolute Gasteiger partial charge is 0.390 e. The third-order valence-corrected chi connectivity index (χ3v) is 8.35. The Morgan fingerprint density at radius 3 is 2.59 bits per heavy atom. The van der Waals surface area contributed by atoms with E-state index in [-0.39, 0.29) is 11.6 Å². The maximum absolute atomic E-state index is 13.3. The van der Waals surface area contributed by atoms with Crippen LogP contribution in [0.5, 0.6) is 0 Å². The van der Waals surface area contributed by atoms with Gasteiger partial charge >= 0.3 is 0 Å². The highest BCUT2D eigenvalue weighted by Crippen LogP contribution is 2.44. The summed E-state index contributed by atoms with van der Waals surface area (Å²) in [6.45, 7) is 3.87. The highest BCUT2D eigenvalue weighted by atomic mass is 32.1. The van der Waals surface area contributed by atoms with Gasteiger partial charge in [0.2, 0.25) is 0 Å². The SMILES string of the molecule is CC(=O)c1ccccc1C(=O)c1ccc2sc(N)c(C3CCC4CCCCN4CC3)c2c1. The van der Waals surface area contributed by atoms with Crippen molar-refractivity contribution in [3.63, 3.8) is 0 Å². The molecule has 2 aliphatic heterocycles. The monoisotopic (exact) mass is 446 g/mol. The number of nitrogens with two attached hydrogens (primary N) is 1. The molecule has 2 fully saturated rings. The maximum atomic E-state index is 13.3. The van der Waals surface area contributed by atoms with Crippen molar-refractivity contribution < 1.29 is 9.59 Å². The number of fused-ring (bicyclic) bond motifs is 2. The van der Waals surface area contributed by atoms with Gasteiger partial charge in [0.1, 0.15) is 0 Å². The lowest BCUT2D eigenvalue weighted by Gasteiger charge is -2.33. The maximum Gasteiger partial charge on any atom is 0.193 e. The Morgan fingerprint density at radius 1 is 0.969 bits per heavy atom. The van der Waals surface area contributed by atoms with Gasteiger partial charge in [-0.05, 0) is 87.2 Å². The van der Waals surface area contributed by atoms with Gasteiger partial charge in [0, 0.05) is 27.4 Å². The number of piperidine rings is 1. The fourth-order valence-electron chi connectivity index (χ4n) is 5.67. The highest BCUT2D eigenvalue weighted by molar-refractivity contribution is 7.22. The summed E-state index contributed by atoms with van der Waals surface area (Å²) in [4.78, 5) is 28.1. The van der Waals surface area contributed by atoms with Gasteiger partial charge in [0.05, 0.1) is 5.00 Å². The van der Waals surface area contributed by atoms with Crippen LogP contribution in [0.4, 0.5) is 5.00 Å². The van der Waals surface area contributed by atoms with Crippen LogP contribution < -0.4 is 5.73 Å². The molecule has 5 heteroatoms. The molecule has 3 heterocycles. The standard InChI is InChI=1S/C27H30N2O2S/c1-17(30)21-7-2-3-8-22(21)26(31)19-10-12-24-23(16-19)25(27(28)32-24)18-9-11-20-6-4-5-14-29(20)15-13-18/h2-3,7-8,10,12,16,18,20H,4-6,9,11,13-15,28H2,1H3. The van der Waals surface area contributed by atoms with Crippen molar-refractivity contribution in [2.24, 2.45) is 0 Å². The zero-order chi connectivity index (χ0) is 22.2. The van der Waals surface area contributed by atoms with E-state index in [0.717, 1.165) is 40.5 Å². The van der Waals surface area contributed by atoms with Crippen LogP contribution >= 0.6 is 11.3 Å². The molecule has 5 rings (SSSR count). The van der Waals surface area contributed by atoms with E-state index < -0.39 is 0 Å². The minimum absolute atomic E-state index is 0.0922. The molecule has 0 amide bonds. The van der Waals surface area contributed by atoms with Crippen LogP contribution in [-0.2, 0) is 0 Å². The average molecular weight is 447 g/mol. The van der Waals surface area contributed by atoms with Crippen LogP contribution in [0.1, 0.15) is 83.2 Å². The minimum Gasteiger partial charge on any atom is -0.390 e. The quantitative estimate of drug-likeness (QED) is 0.496. The van der Waals surface area contributed by atoms with Crippen LogP contribution in [-0.4, -0.2) is 35.6 Å². The lowest BCUT2D eigenvalue weighted by atomic mass is 9.88. The van der Waals surface area contributed by atoms with E-state index in [9.17, 15) is 9.59 Å². The predicted molar refractivity (Wildman–Crippen MR) is 132 cm³/mol. The summed E-state index contributed by atoms with van der Waals surface area (Å²) in [5, 5.41) is 2.00. The molecule has 0 aliphatic carbocycles. The van der Waals surface area contributed by atoms with Crippen LogP contribution in [0, 0.1) is 0 Å². The van der Waals surface area contributed by atoms with Crippen LogP contribution in [0.3, 0.4) is 0 Å². The Hall–Kier alpha value is -2.50. The van der Waals surface area contributed by atoms with Crippen molar-refractivity contribution in [3.05, 3.63) is 64.7 Å². The van der Waals surface area contributed by atoms with E-state index in [1.807, 2.05) is 24.3 Å². The molecule has 32 heavy (non-hydrogen) atoms. The normalized spacial score (nSPS) is 21.8. The van der Waals surface area contributed by atoms with Crippen LogP contribution in [0.25, 0.3) is 10.1 Å². The average Bonchev–Trinajstić information content (AvgIpc) is 2.99. The molecule has 0 saturated carbocycles. The Balaban J connectivity index is 1.50. The number of ketones is 2. The molecule has 0 radical (unpaired) electrons. The van der Waals surface area contributed by atoms with Crippen LogP contribution in [0.15, 0.2) is 42.5 Å². The number of nitrogens with zero attached hydrogens (tertiary/aromatic N) is 1. The third-order valence-electron chi connectivity index (χ3n) is 7.34. The Labute approximate surface area is 193 Å². The highest BCUT2D eigenvalue weighted by Gasteiger charge is 2.30. The summed E-state index contributed by atoms with van der Waals surface area (Å²) in [7, 11) is 0. The summed E-state index contributed by atoms with van der Waals surface area (Å²) in [5.74, 6) is 0.237. The first-order valence-corrected chi connectivity index (χ1v) is 12.5. The van der Waals surface area contributed by atoms with Crippen molar-refractivity contribution in [1.29, 1.82) is 0 Å². The molecule has 2 unspecified atom stereocenters. The fraction of sp³-hybridized carbons (Fsp3) is 0.407. The number of hydrogen-bond donors (Lipinski definition) is 1. The zero-order valence-electron chi connectivity index (χ0n) is 18.6. The fourth-order valence-corrected chi connectivity index (χ4v) is 6.71. The molecule has 1 aromatic heterocycles. The van der Waals surface area contributed by atoms with Gasteiger partial charge in [-0.3, -0.25) is 9.59 Å².